The lowest BCUT2D eigenvalue weighted by Crippen LogP contribution is -2.13. The van der Waals surface area contributed by atoms with E-state index in [4.69, 9.17) is 0 Å². The fraction of sp³-hybridized carbons (Fsp3) is 0.556. The zero-order valence-corrected chi connectivity index (χ0v) is 12.2. The number of alkyl halides is 1. The molecule has 2 rings (SSSR count). The lowest BCUT2D eigenvalue weighted by atomic mass is 9.77. The largest absolute Gasteiger partial charge is 0.246 e. The predicted octanol–water partition coefficient (Wildman–Crippen LogP) is 6.04. The highest BCUT2D eigenvalue weighted by molar-refractivity contribution is 5.59. The molecule has 20 heavy (non-hydrogen) atoms. The summed E-state index contributed by atoms with van der Waals surface area (Å²) in [6.07, 6.45) is 8.73. The van der Waals surface area contributed by atoms with Crippen molar-refractivity contribution in [1.29, 1.82) is 0 Å². The average Bonchev–Trinajstić information content (AvgIpc) is 2.49. The normalized spacial score (nSPS) is 23.9. The van der Waals surface area contributed by atoms with Crippen LogP contribution in [-0.2, 0) is 0 Å². The van der Waals surface area contributed by atoms with Crippen LogP contribution in [0.2, 0.25) is 0 Å². The second kappa shape index (κ2) is 7.56. The second-order valence-electron chi connectivity index (χ2n) is 5.83. The monoisotopic (exact) mass is 278 g/mol. The van der Waals surface area contributed by atoms with E-state index in [-0.39, 0.29) is 0 Å². The van der Waals surface area contributed by atoms with Gasteiger partial charge in [0.25, 0.3) is 0 Å². The minimum atomic E-state index is -0.755. The van der Waals surface area contributed by atoms with Gasteiger partial charge in [-0.2, -0.15) is 0 Å². The lowest BCUT2D eigenvalue weighted by Gasteiger charge is -2.28. The Kier molecular flexibility index (Phi) is 5.75. The topological polar surface area (TPSA) is 0 Å². The van der Waals surface area contributed by atoms with Crippen LogP contribution in [0.25, 0.3) is 5.83 Å². The van der Waals surface area contributed by atoms with E-state index in [1.54, 1.807) is 12.1 Å². The molecule has 0 amide bonds. The van der Waals surface area contributed by atoms with Gasteiger partial charge in [-0.3, -0.25) is 0 Å². The first-order valence-electron chi connectivity index (χ1n) is 7.76. The fourth-order valence-electron chi connectivity index (χ4n) is 3.29. The summed E-state index contributed by atoms with van der Waals surface area (Å²) >= 11 is 0. The van der Waals surface area contributed by atoms with Crippen molar-refractivity contribution < 1.29 is 8.78 Å². The molecular weight excluding hydrogens is 254 g/mol. The average molecular weight is 278 g/mol. The molecule has 110 valence electrons. The first-order valence-corrected chi connectivity index (χ1v) is 7.76. The van der Waals surface area contributed by atoms with E-state index in [0.29, 0.717) is 11.5 Å². The summed E-state index contributed by atoms with van der Waals surface area (Å²) < 4.78 is 25.5. The molecule has 1 fully saturated rings. The molecule has 0 saturated heterocycles. The molecule has 0 heterocycles. The van der Waals surface area contributed by atoms with Gasteiger partial charge in [0.05, 0.1) is 0 Å². The van der Waals surface area contributed by atoms with Gasteiger partial charge in [0.15, 0.2) is 0 Å². The van der Waals surface area contributed by atoms with E-state index >= 15 is 0 Å². The Hall–Kier alpha value is -1.18. The van der Waals surface area contributed by atoms with Crippen LogP contribution in [-0.4, -0.2) is 6.67 Å². The van der Waals surface area contributed by atoms with E-state index < -0.39 is 12.5 Å². The van der Waals surface area contributed by atoms with Crippen molar-refractivity contribution in [2.24, 2.45) is 5.92 Å². The third kappa shape index (κ3) is 3.91. The molecule has 1 aromatic rings. The SMILES string of the molecule is CCCC1CCC(c2ccc(/C(F)=C/CF)cc2)CC1. The Morgan fingerprint density at radius 1 is 1.15 bits per heavy atom. The smallest absolute Gasteiger partial charge is 0.129 e. The molecular formula is C18H24F2. The first kappa shape index (κ1) is 15.2. The van der Waals surface area contributed by atoms with Gasteiger partial charge >= 0.3 is 0 Å². The van der Waals surface area contributed by atoms with Crippen LogP contribution in [0.5, 0.6) is 0 Å². The van der Waals surface area contributed by atoms with E-state index in [1.807, 2.05) is 12.1 Å². The molecule has 0 unspecified atom stereocenters. The van der Waals surface area contributed by atoms with Gasteiger partial charge in [-0.1, -0.05) is 44.0 Å². The van der Waals surface area contributed by atoms with Gasteiger partial charge in [-0.25, -0.2) is 8.78 Å². The zero-order valence-electron chi connectivity index (χ0n) is 12.2. The highest BCUT2D eigenvalue weighted by Gasteiger charge is 2.21. The third-order valence-corrected chi connectivity index (χ3v) is 4.46. The van der Waals surface area contributed by atoms with Crippen LogP contribution in [0.15, 0.2) is 30.3 Å². The molecule has 0 radical (unpaired) electrons. The summed E-state index contributed by atoms with van der Waals surface area (Å²) in [5.74, 6) is 1.05. The van der Waals surface area contributed by atoms with Gasteiger partial charge in [0.1, 0.15) is 12.5 Å². The number of benzene rings is 1. The van der Waals surface area contributed by atoms with E-state index in [1.165, 1.54) is 44.1 Å². The van der Waals surface area contributed by atoms with Gasteiger partial charge in [0.2, 0.25) is 0 Å². The number of rotatable bonds is 5. The molecule has 1 saturated carbocycles. The predicted molar refractivity (Wildman–Crippen MR) is 81.1 cm³/mol. The molecule has 1 aromatic carbocycles. The summed E-state index contributed by atoms with van der Waals surface area (Å²) in [6.45, 7) is 1.50. The van der Waals surface area contributed by atoms with Crippen molar-refractivity contribution in [2.45, 2.75) is 51.4 Å². The molecule has 0 aromatic heterocycles. The standard InChI is InChI=1S/C18H24F2/c1-2-3-14-4-6-15(7-5-14)16-8-10-17(11-9-16)18(20)12-13-19/h8-12,14-15H,2-7,13H2,1H3/b18-12-. The summed E-state index contributed by atoms with van der Waals surface area (Å²) in [5, 5.41) is 0. The van der Waals surface area contributed by atoms with Crippen LogP contribution < -0.4 is 0 Å². The minimum absolute atomic E-state index is 0.467. The molecule has 1 aliphatic carbocycles. The van der Waals surface area contributed by atoms with Crippen molar-refractivity contribution in [3.63, 3.8) is 0 Å². The Morgan fingerprint density at radius 2 is 1.80 bits per heavy atom. The van der Waals surface area contributed by atoms with Crippen molar-refractivity contribution in [3.05, 3.63) is 41.5 Å². The highest BCUT2D eigenvalue weighted by atomic mass is 19.1. The Morgan fingerprint density at radius 3 is 2.35 bits per heavy atom. The molecule has 2 heteroatoms. The minimum Gasteiger partial charge on any atom is -0.246 e. The number of allylic oxidation sites excluding steroid dienone is 1. The molecule has 0 atom stereocenters. The summed E-state index contributed by atoms with van der Waals surface area (Å²) in [7, 11) is 0. The maximum Gasteiger partial charge on any atom is 0.129 e. The summed E-state index contributed by atoms with van der Waals surface area (Å²) in [5.41, 5.74) is 1.78. The molecule has 0 spiro atoms. The second-order valence-corrected chi connectivity index (χ2v) is 5.83. The van der Waals surface area contributed by atoms with Crippen molar-refractivity contribution in [2.75, 3.05) is 6.67 Å². The van der Waals surface area contributed by atoms with Crippen LogP contribution in [0.1, 0.15) is 62.5 Å². The molecule has 0 bridgehead atoms. The molecule has 1 aliphatic rings. The van der Waals surface area contributed by atoms with Crippen molar-refractivity contribution >= 4 is 5.83 Å². The summed E-state index contributed by atoms with van der Waals surface area (Å²) in [4.78, 5) is 0. The van der Waals surface area contributed by atoms with Crippen LogP contribution in [0, 0.1) is 5.92 Å². The number of hydrogen-bond acceptors (Lipinski definition) is 0. The maximum absolute atomic E-state index is 13.5. The quantitative estimate of drug-likeness (QED) is 0.616. The Bertz CT molecular complexity index is 425. The van der Waals surface area contributed by atoms with Gasteiger partial charge in [-0.15, -0.1) is 0 Å². The fourth-order valence-corrected chi connectivity index (χ4v) is 3.29. The molecule has 0 aliphatic heterocycles. The Labute approximate surface area is 120 Å². The van der Waals surface area contributed by atoms with Gasteiger partial charge in [-0.05, 0) is 49.2 Å². The Balaban J connectivity index is 1.96. The first-order chi connectivity index (χ1) is 9.74. The van der Waals surface area contributed by atoms with Crippen LogP contribution >= 0.6 is 0 Å². The number of halogens is 2. The summed E-state index contributed by atoms with van der Waals surface area (Å²) in [6, 6.07) is 7.56. The van der Waals surface area contributed by atoms with Crippen LogP contribution in [0.3, 0.4) is 0 Å². The van der Waals surface area contributed by atoms with Gasteiger partial charge in [0, 0.05) is 5.56 Å². The molecule has 0 nitrogen and oxygen atoms in total. The van der Waals surface area contributed by atoms with Crippen LogP contribution in [0.4, 0.5) is 8.78 Å². The maximum atomic E-state index is 13.5. The highest BCUT2D eigenvalue weighted by Crippen LogP contribution is 2.37. The number of hydrogen-bond donors (Lipinski definition) is 0. The van der Waals surface area contributed by atoms with Gasteiger partial charge < -0.3 is 0 Å². The zero-order chi connectivity index (χ0) is 14.4. The van der Waals surface area contributed by atoms with E-state index in [2.05, 4.69) is 6.92 Å². The van der Waals surface area contributed by atoms with E-state index in [0.717, 1.165) is 12.0 Å². The van der Waals surface area contributed by atoms with Crippen molar-refractivity contribution in [3.8, 4) is 0 Å². The van der Waals surface area contributed by atoms with Crippen molar-refractivity contribution in [1.82, 2.24) is 0 Å². The lowest BCUT2D eigenvalue weighted by molar-refractivity contribution is 0.308. The van der Waals surface area contributed by atoms with E-state index in [9.17, 15) is 8.78 Å². The molecule has 0 N–H and O–H groups in total. The third-order valence-electron chi connectivity index (χ3n) is 4.46.